The number of carbonyl (C=O) groups is 5. The number of hydrogen-bond acceptors (Lipinski definition) is 10. The maximum Gasteiger partial charge on any atom is 0.408 e. The Morgan fingerprint density at radius 1 is 0.646 bits per heavy atom. The third-order valence-corrected chi connectivity index (χ3v) is 13.9. The lowest BCUT2D eigenvalue weighted by Gasteiger charge is -2.26. The van der Waals surface area contributed by atoms with Gasteiger partial charge < -0.3 is 25.6 Å². The van der Waals surface area contributed by atoms with Gasteiger partial charge in [-0.05, 0) is 73.3 Å². The molecule has 12 nitrogen and oxygen atoms in total. The van der Waals surface area contributed by atoms with Crippen LogP contribution in [0.2, 0.25) is 0 Å². The van der Waals surface area contributed by atoms with Gasteiger partial charge in [0.25, 0.3) is 0 Å². The minimum absolute atomic E-state index is 0.00292. The summed E-state index contributed by atoms with van der Waals surface area (Å²) in [4.78, 5) is 72.0. The zero-order valence-electron chi connectivity index (χ0n) is 39.2. The Bertz CT molecular complexity index is 2300. The van der Waals surface area contributed by atoms with Crippen molar-refractivity contribution in [3.63, 3.8) is 0 Å². The van der Waals surface area contributed by atoms with Crippen molar-refractivity contribution in [3.05, 3.63) is 103 Å². The number of sulfone groups is 1. The van der Waals surface area contributed by atoms with Crippen molar-refractivity contribution in [2.75, 3.05) is 31.3 Å². The monoisotopic (exact) mass is 928 g/mol. The second-order valence-corrected chi connectivity index (χ2v) is 21.5. The average Bonchev–Trinajstić information content (AvgIpc) is 3.25. The number of ether oxygens (including phenoxy) is 1. The van der Waals surface area contributed by atoms with Crippen molar-refractivity contribution < 1.29 is 37.1 Å². The van der Waals surface area contributed by atoms with Crippen LogP contribution in [-0.2, 0) is 40.4 Å². The number of anilines is 1. The summed E-state index contributed by atoms with van der Waals surface area (Å²) in [6, 6.07) is 27.4. The van der Waals surface area contributed by atoms with Gasteiger partial charge in [0.2, 0.25) is 11.8 Å². The van der Waals surface area contributed by atoms with Gasteiger partial charge in [-0.15, -0.1) is 11.8 Å². The van der Waals surface area contributed by atoms with Crippen molar-refractivity contribution in [1.82, 2.24) is 16.0 Å². The summed E-state index contributed by atoms with van der Waals surface area (Å²) in [6.45, 7) is 11.8. The molecule has 0 bridgehead atoms. The number of rotatable bonds is 26. The topological polar surface area (TPSA) is 168 Å². The molecule has 352 valence electrons. The van der Waals surface area contributed by atoms with E-state index in [4.69, 9.17) is 4.74 Å². The van der Waals surface area contributed by atoms with Crippen molar-refractivity contribution in [3.8, 4) is 0 Å². The van der Waals surface area contributed by atoms with E-state index < -0.39 is 51.0 Å². The first kappa shape index (κ1) is 52.4. The minimum Gasteiger partial charge on any atom is -0.445 e. The zero-order chi connectivity index (χ0) is 47.7. The molecule has 4 rings (SSSR count). The fourth-order valence-electron chi connectivity index (χ4n) is 7.72. The number of benzene rings is 4. The highest BCUT2D eigenvalue weighted by Gasteiger charge is 2.33. The van der Waals surface area contributed by atoms with Crippen molar-refractivity contribution >= 4 is 67.5 Å². The number of carbonyl (C=O) groups excluding carboxylic acids is 5. The molecule has 0 fully saturated rings. The van der Waals surface area contributed by atoms with E-state index in [1.807, 2.05) is 139 Å². The first-order valence-corrected chi connectivity index (χ1v) is 25.1. The summed E-state index contributed by atoms with van der Waals surface area (Å²) in [5, 5.41) is 9.16. The standard InChI is InChI=1S/C51H68N4O8S2/c1-34(2)28-38(31-45(56)43(30-36(5)6)54-51(60)63-33-37-18-11-9-12-19-37)49(58)53-42(29-35(3)4)46(57)32-47(64-39-20-13-10-14-21-39)50(59)52-26-17-27-65(61,62)48-25-16-22-40-41(48)23-15-24-44(40)55(7)8/h9-16,18-25,34-36,38,42-43,47H,17,26-33H2,1-8H3,(H,52,59)(H,53,58)(H,54,60)/t38-,42+,43?,47?/m1/s1. The van der Waals surface area contributed by atoms with E-state index in [1.54, 1.807) is 18.2 Å². The molecule has 0 saturated carbocycles. The number of nitrogens with one attached hydrogen (secondary N) is 3. The molecule has 4 atom stereocenters. The number of fused-ring (bicyclic) bond motifs is 1. The van der Waals surface area contributed by atoms with Crippen LogP contribution in [0.5, 0.6) is 0 Å². The summed E-state index contributed by atoms with van der Waals surface area (Å²) in [5.41, 5.74) is 1.71. The molecule has 3 amide bonds. The van der Waals surface area contributed by atoms with Gasteiger partial charge in [0.15, 0.2) is 21.4 Å². The summed E-state index contributed by atoms with van der Waals surface area (Å²) >= 11 is 1.23. The van der Waals surface area contributed by atoms with Gasteiger partial charge >= 0.3 is 6.09 Å². The molecule has 0 radical (unpaired) electrons. The summed E-state index contributed by atoms with van der Waals surface area (Å²) in [5.74, 6) is -2.37. The van der Waals surface area contributed by atoms with Crippen LogP contribution in [0.4, 0.5) is 10.5 Å². The maximum atomic E-state index is 14.3. The van der Waals surface area contributed by atoms with E-state index in [1.165, 1.54) is 11.8 Å². The number of nitrogens with zero attached hydrogens (tertiary/aromatic N) is 1. The Morgan fingerprint density at radius 2 is 1.22 bits per heavy atom. The number of thioether (sulfide) groups is 1. The van der Waals surface area contributed by atoms with Gasteiger partial charge in [-0.25, -0.2) is 13.2 Å². The minimum atomic E-state index is -3.71. The van der Waals surface area contributed by atoms with Crippen LogP contribution in [0.1, 0.15) is 85.6 Å². The molecule has 3 N–H and O–H groups in total. The van der Waals surface area contributed by atoms with Crippen LogP contribution in [0, 0.1) is 23.7 Å². The number of ketones is 2. The Morgan fingerprint density at radius 3 is 1.83 bits per heavy atom. The lowest BCUT2D eigenvalue weighted by atomic mass is 9.87. The molecule has 0 aliphatic carbocycles. The fourth-order valence-corrected chi connectivity index (χ4v) is 10.3. The smallest absolute Gasteiger partial charge is 0.408 e. The third kappa shape index (κ3) is 16.9. The molecule has 0 aromatic heterocycles. The quantitative estimate of drug-likeness (QED) is 0.0409. The van der Waals surface area contributed by atoms with Crippen LogP contribution in [0.15, 0.2) is 107 Å². The van der Waals surface area contributed by atoms with Gasteiger partial charge in [-0.2, -0.15) is 0 Å². The van der Waals surface area contributed by atoms with E-state index in [9.17, 15) is 32.4 Å². The molecule has 0 saturated heterocycles. The van der Waals surface area contributed by atoms with Crippen LogP contribution in [0.25, 0.3) is 10.8 Å². The number of hydrogen-bond donors (Lipinski definition) is 3. The van der Waals surface area contributed by atoms with Gasteiger partial charge in [0, 0.05) is 60.8 Å². The Kier molecular flexibility index (Phi) is 20.5. The Hall–Kier alpha value is -5.21. The first-order valence-electron chi connectivity index (χ1n) is 22.6. The van der Waals surface area contributed by atoms with Crippen LogP contribution in [0.3, 0.4) is 0 Å². The number of Topliss-reactive ketones (excluding diaryl/α,β-unsaturated/α-hetero) is 2. The van der Waals surface area contributed by atoms with E-state index in [0.29, 0.717) is 24.6 Å². The van der Waals surface area contributed by atoms with Crippen molar-refractivity contribution in [2.24, 2.45) is 23.7 Å². The van der Waals surface area contributed by atoms with Crippen molar-refractivity contribution in [2.45, 2.75) is 114 Å². The molecule has 14 heteroatoms. The lowest BCUT2D eigenvalue weighted by molar-refractivity contribution is -0.133. The summed E-state index contributed by atoms with van der Waals surface area (Å²) < 4.78 is 32.7. The molecule has 4 aromatic carbocycles. The predicted octanol–water partition coefficient (Wildman–Crippen LogP) is 8.80. The van der Waals surface area contributed by atoms with E-state index >= 15 is 0 Å². The van der Waals surface area contributed by atoms with Crippen molar-refractivity contribution in [1.29, 1.82) is 0 Å². The number of amides is 3. The molecular weight excluding hydrogens is 861 g/mol. The number of alkyl carbamates (subject to hydrolysis) is 1. The lowest BCUT2D eigenvalue weighted by Crippen LogP contribution is -2.48. The molecule has 0 aliphatic rings. The van der Waals surface area contributed by atoms with Gasteiger partial charge in [0.1, 0.15) is 6.61 Å². The first-order chi connectivity index (χ1) is 30.8. The van der Waals surface area contributed by atoms with Crippen LogP contribution >= 0.6 is 11.8 Å². The van der Waals surface area contributed by atoms with E-state index in [2.05, 4.69) is 16.0 Å². The third-order valence-electron chi connectivity index (χ3n) is 10.9. The largest absolute Gasteiger partial charge is 0.445 e. The van der Waals surface area contributed by atoms with Crippen LogP contribution in [-0.4, -0.2) is 81.6 Å². The van der Waals surface area contributed by atoms with Gasteiger partial charge in [-0.1, -0.05) is 114 Å². The van der Waals surface area contributed by atoms with Crippen LogP contribution < -0.4 is 20.9 Å². The van der Waals surface area contributed by atoms with Gasteiger partial charge in [-0.3, -0.25) is 19.2 Å². The Balaban J connectivity index is 1.45. The highest BCUT2D eigenvalue weighted by molar-refractivity contribution is 8.00. The SMILES string of the molecule is CC(C)CC(NC(=O)OCc1ccccc1)C(=O)C[C@@H](CC(C)C)C(=O)N[C@@H](CC(C)C)C(=O)CC(Sc1ccccc1)C(=O)NCCCS(=O)(=O)c1cccc2c(N(C)C)cccc12. The summed E-state index contributed by atoms with van der Waals surface area (Å²) in [6.07, 6.45) is 0.107. The highest BCUT2D eigenvalue weighted by Crippen LogP contribution is 2.31. The normalized spacial score (nSPS) is 13.5. The molecule has 0 spiro atoms. The molecule has 65 heavy (non-hydrogen) atoms. The van der Waals surface area contributed by atoms with E-state index in [-0.39, 0.29) is 72.4 Å². The second-order valence-electron chi connectivity index (χ2n) is 18.2. The predicted molar refractivity (Wildman–Crippen MR) is 261 cm³/mol. The Labute approximate surface area is 390 Å². The average molecular weight is 929 g/mol. The molecule has 4 aromatic rings. The molecular formula is C51H68N4O8S2. The maximum absolute atomic E-state index is 14.3. The summed E-state index contributed by atoms with van der Waals surface area (Å²) in [7, 11) is 0.0989. The molecule has 2 unspecified atom stereocenters. The highest BCUT2D eigenvalue weighted by atomic mass is 32.2. The zero-order valence-corrected chi connectivity index (χ0v) is 40.8. The van der Waals surface area contributed by atoms with E-state index in [0.717, 1.165) is 21.5 Å². The second kappa shape index (κ2) is 25.5. The fraction of sp³-hybridized carbons (Fsp3) is 0.471. The molecule has 0 heterocycles. The molecule has 0 aliphatic heterocycles. The van der Waals surface area contributed by atoms with Gasteiger partial charge in [0.05, 0.1) is 28.0 Å².